The van der Waals surface area contributed by atoms with E-state index in [1.165, 1.54) is 0 Å². The van der Waals surface area contributed by atoms with E-state index in [0.717, 1.165) is 11.1 Å². The van der Waals surface area contributed by atoms with E-state index in [1.807, 2.05) is 65.6 Å². The van der Waals surface area contributed by atoms with Crippen LogP contribution in [-0.2, 0) is 4.79 Å². The number of carbonyl (C=O) groups is 1. The molecule has 4 rings (SSSR count). The lowest BCUT2D eigenvalue weighted by molar-refractivity contribution is -0.135. The van der Waals surface area contributed by atoms with Crippen molar-refractivity contribution < 1.29 is 4.79 Å². The van der Waals surface area contributed by atoms with Gasteiger partial charge >= 0.3 is 0 Å². The number of anilines is 1. The Morgan fingerprint density at radius 3 is 1.96 bits per heavy atom. The molecule has 5 heteroatoms. The number of hydrogen-bond acceptors (Lipinski definition) is 4. The minimum atomic E-state index is -0.272. The van der Waals surface area contributed by atoms with Crippen LogP contribution in [0.2, 0.25) is 0 Å². The molecule has 2 heterocycles. The van der Waals surface area contributed by atoms with Crippen molar-refractivity contribution in [1.29, 1.82) is 0 Å². The van der Waals surface area contributed by atoms with Gasteiger partial charge in [-0.2, -0.15) is 0 Å². The predicted octanol–water partition coefficient (Wildman–Crippen LogP) is 2.93. The number of benzene rings is 2. The second-order valence-electron chi connectivity index (χ2n) is 6.41. The number of rotatable bonds is 5. The van der Waals surface area contributed by atoms with Gasteiger partial charge in [0.2, 0.25) is 11.9 Å². The second-order valence-corrected chi connectivity index (χ2v) is 6.41. The molecule has 0 unspecified atom stereocenters. The summed E-state index contributed by atoms with van der Waals surface area (Å²) in [5.41, 5.74) is 2.04. The number of nitrogens with one attached hydrogen (secondary N) is 1. The van der Waals surface area contributed by atoms with Gasteiger partial charge in [0.05, 0.1) is 12.0 Å². The first kappa shape index (κ1) is 16.3. The van der Waals surface area contributed by atoms with Crippen molar-refractivity contribution in [1.82, 2.24) is 14.9 Å². The zero-order chi connectivity index (χ0) is 17.8. The monoisotopic (exact) mass is 344 g/mol. The van der Waals surface area contributed by atoms with E-state index in [-0.39, 0.29) is 17.9 Å². The van der Waals surface area contributed by atoms with Crippen molar-refractivity contribution in [3.63, 3.8) is 0 Å². The summed E-state index contributed by atoms with van der Waals surface area (Å²) in [4.78, 5) is 23.4. The lowest BCUT2D eigenvalue weighted by Crippen LogP contribution is -2.58. The fourth-order valence-corrected chi connectivity index (χ4v) is 3.26. The van der Waals surface area contributed by atoms with Gasteiger partial charge in [-0.25, -0.2) is 9.97 Å². The van der Waals surface area contributed by atoms with Gasteiger partial charge in [0, 0.05) is 25.5 Å². The molecule has 1 aliphatic heterocycles. The van der Waals surface area contributed by atoms with Crippen LogP contribution in [0.4, 0.5) is 5.95 Å². The van der Waals surface area contributed by atoms with E-state index in [9.17, 15) is 4.79 Å². The summed E-state index contributed by atoms with van der Waals surface area (Å²) in [5.74, 6) is 0.466. The van der Waals surface area contributed by atoms with Gasteiger partial charge in [0.25, 0.3) is 0 Å². The lowest BCUT2D eigenvalue weighted by atomic mass is 9.89. The first-order chi connectivity index (χ1) is 12.8. The average Bonchev–Trinajstić information content (AvgIpc) is 2.67. The molecule has 0 saturated carbocycles. The third-order valence-electron chi connectivity index (χ3n) is 4.60. The molecule has 0 aliphatic carbocycles. The third kappa shape index (κ3) is 3.42. The van der Waals surface area contributed by atoms with Gasteiger partial charge in [0.1, 0.15) is 0 Å². The first-order valence-electron chi connectivity index (χ1n) is 8.73. The molecule has 1 saturated heterocycles. The van der Waals surface area contributed by atoms with Crippen molar-refractivity contribution in [3.05, 3.63) is 90.3 Å². The minimum absolute atomic E-state index is 0.134. The van der Waals surface area contributed by atoms with Crippen LogP contribution in [-0.4, -0.2) is 39.9 Å². The van der Waals surface area contributed by atoms with Crippen LogP contribution in [0.5, 0.6) is 0 Å². The Morgan fingerprint density at radius 1 is 0.885 bits per heavy atom. The normalized spacial score (nSPS) is 14.1. The molecule has 1 aliphatic rings. The van der Waals surface area contributed by atoms with Crippen LogP contribution in [0.3, 0.4) is 0 Å². The van der Waals surface area contributed by atoms with Crippen LogP contribution in [0, 0.1) is 0 Å². The molecule has 0 bridgehead atoms. The maximum absolute atomic E-state index is 13.2. The maximum Gasteiger partial charge on any atom is 0.234 e. The second kappa shape index (κ2) is 7.35. The summed E-state index contributed by atoms with van der Waals surface area (Å²) >= 11 is 0. The molecule has 2 aromatic carbocycles. The maximum atomic E-state index is 13.2. The Labute approximate surface area is 152 Å². The highest BCUT2D eigenvalue weighted by Gasteiger charge is 2.36. The van der Waals surface area contributed by atoms with Gasteiger partial charge in [-0.05, 0) is 17.2 Å². The Kier molecular flexibility index (Phi) is 4.60. The zero-order valence-electron chi connectivity index (χ0n) is 14.3. The fraction of sp³-hybridized carbons (Fsp3) is 0.190. The van der Waals surface area contributed by atoms with Crippen LogP contribution in [0.15, 0.2) is 79.1 Å². The van der Waals surface area contributed by atoms with E-state index in [2.05, 4.69) is 15.3 Å². The van der Waals surface area contributed by atoms with E-state index in [4.69, 9.17) is 0 Å². The number of nitrogens with zero attached hydrogens (tertiary/aromatic N) is 3. The van der Waals surface area contributed by atoms with E-state index >= 15 is 0 Å². The van der Waals surface area contributed by atoms with Crippen LogP contribution in [0.1, 0.15) is 17.0 Å². The molecule has 26 heavy (non-hydrogen) atoms. The molecular weight excluding hydrogens is 324 g/mol. The van der Waals surface area contributed by atoms with E-state index < -0.39 is 0 Å². The first-order valence-corrected chi connectivity index (χ1v) is 8.73. The summed E-state index contributed by atoms with van der Waals surface area (Å²) in [6.45, 7) is 1.32. The Bertz CT molecular complexity index is 809. The molecule has 130 valence electrons. The van der Waals surface area contributed by atoms with Crippen LogP contribution < -0.4 is 5.32 Å². The van der Waals surface area contributed by atoms with Crippen LogP contribution >= 0.6 is 0 Å². The van der Waals surface area contributed by atoms with E-state index in [1.54, 1.807) is 18.5 Å². The van der Waals surface area contributed by atoms with Crippen molar-refractivity contribution in [2.75, 3.05) is 18.4 Å². The molecule has 1 aromatic heterocycles. The number of amides is 1. The van der Waals surface area contributed by atoms with Crippen molar-refractivity contribution in [2.45, 2.75) is 12.0 Å². The number of aromatic nitrogens is 2. The van der Waals surface area contributed by atoms with Gasteiger partial charge in [-0.1, -0.05) is 60.7 Å². The molecule has 0 spiro atoms. The highest BCUT2D eigenvalue weighted by Crippen LogP contribution is 2.29. The Morgan fingerprint density at radius 2 is 1.42 bits per heavy atom. The van der Waals surface area contributed by atoms with Crippen molar-refractivity contribution in [2.24, 2.45) is 0 Å². The fourth-order valence-electron chi connectivity index (χ4n) is 3.26. The van der Waals surface area contributed by atoms with Gasteiger partial charge in [-0.15, -0.1) is 0 Å². The topological polar surface area (TPSA) is 58.1 Å². The van der Waals surface area contributed by atoms with Gasteiger partial charge < -0.3 is 10.2 Å². The predicted molar refractivity (Wildman–Crippen MR) is 101 cm³/mol. The molecular formula is C21H20N4O. The molecule has 0 atom stereocenters. The lowest BCUT2D eigenvalue weighted by Gasteiger charge is -2.41. The third-order valence-corrected chi connectivity index (χ3v) is 4.60. The average molecular weight is 344 g/mol. The van der Waals surface area contributed by atoms with Gasteiger partial charge in [-0.3, -0.25) is 4.79 Å². The molecule has 1 fully saturated rings. The minimum Gasteiger partial charge on any atom is -0.348 e. The highest BCUT2D eigenvalue weighted by atomic mass is 16.2. The SMILES string of the molecule is O=C(C(c1ccccc1)c1ccccc1)N1CC(Nc2ncccn2)C1. The Hall–Kier alpha value is -3.21. The summed E-state index contributed by atoms with van der Waals surface area (Å²) in [6.07, 6.45) is 3.41. The molecule has 0 radical (unpaired) electrons. The van der Waals surface area contributed by atoms with Crippen LogP contribution in [0.25, 0.3) is 0 Å². The molecule has 5 nitrogen and oxygen atoms in total. The summed E-state index contributed by atoms with van der Waals surface area (Å²) in [7, 11) is 0. The quantitative estimate of drug-likeness (QED) is 0.773. The smallest absolute Gasteiger partial charge is 0.234 e. The highest BCUT2D eigenvalue weighted by molar-refractivity contribution is 5.88. The summed E-state index contributed by atoms with van der Waals surface area (Å²) < 4.78 is 0. The summed E-state index contributed by atoms with van der Waals surface area (Å²) in [5, 5.41) is 3.27. The number of carbonyl (C=O) groups excluding carboxylic acids is 1. The Balaban J connectivity index is 1.48. The number of hydrogen-bond donors (Lipinski definition) is 1. The van der Waals surface area contributed by atoms with Crippen molar-refractivity contribution >= 4 is 11.9 Å². The number of likely N-dealkylation sites (tertiary alicyclic amines) is 1. The van der Waals surface area contributed by atoms with Gasteiger partial charge in [0.15, 0.2) is 0 Å². The van der Waals surface area contributed by atoms with E-state index in [0.29, 0.717) is 19.0 Å². The molecule has 1 N–H and O–H groups in total. The molecule has 3 aromatic rings. The van der Waals surface area contributed by atoms with Crippen molar-refractivity contribution in [3.8, 4) is 0 Å². The molecule has 1 amide bonds. The standard InChI is InChI=1S/C21H20N4O/c26-20(25-14-18(15-25)24-21-22-12-7-13-23-21)19(16-8-3-1-4-9-16)17-10-5-2-6-11-17/h1-13,18-19H,14-15H2,(H,22,23,24). The largest absolute Gasteiger partial charge is 0.348 e. The zero-order valence-corrected chi connectivity index (χ0v) is 14.3. The summed E-state index contributed by atoms with van der Waals surface area (Å²) in [6, 6.07) is 21.9.